The molecule has 31 heavy (non-hydrogen) atoms. The van der Waals surface area contributed by atoms with E-state index in [2.05, 4.69) is 40.4 Å². The third kappa shape index (κ3) is 5.73. The first-order valence-electron chi connectivity index (χ1n) is 11.0. The van der Waals surface area contributed by atoms with Gasteiger partial charge < -0.3 is 13.9 Å². The number of esters is 1. The highest BCUT2D eigenvalue weighted by molar-refractivity contribution is 6.74. The van der Waals surface area contributed by atoms with Crippen LogP contribution in [0.4, 0.5) is 0 Å². The summed E-state index contributed by atoms with van der Waals surface area (Å²) in [5.74, 6) is -1.05. The molecule has 172 valence electrons. The maximum atomic E-state index is 12.3. The van der Waals surface area contributed by atoms with E-state index in [1.807, 2.05) is 37.3 Å². The zero-order valence-electron chi connectivity index (χ0n) is 20.0. The van der Waals surface area contributed by atoms with E-state index in [1.54, 1.807) is 6.08 Å². The number of carbonyl (C=O) groups excluding carboxylic acids is 2. The topological polar surface area (TPSA) is 61.8 Å². The Morgan fingerprint density at radius 3 is 2.32 bits per heavy atom. The summed E-state index contributed by atoms with van der Waals surface area (Å²) in [5.41, 5.74) is -0.277. The molecule has 1 aromatic carbocycles. The molecule has 1 saturated carbocycles. The Kier molecular flexibility index (Phi) is 8.06. The average molecular weight is 447 g/mol. The molecule has 1 fully saturated rings. The van der Waals surface area contributed by atoms with Crippen molar-refractivity contribution in [1.82, 2.24) is 0 Å². The summed E-state index contributed by atoms with van der Waals surface area (Å²) >= 11 is 0. The highest BCUT2D eigenvalue weighted by Crippen LogP contribution is 2.46. The summed E-state index contributed by atoms with van der Waals surface area (Å²) in [5, 5.41) is 0.0233. The quantitative estimate of drug-likeness (QED) is 0.234. The average Bonchev–Trinajstić information content (AvgIpc) is 2.68. The summed E-state index contributed by atoms with van der Waals surface area (Å²) in [6, 6.07) is 9.88. The molecule has 1 aliphatic carbocycles. The lowest BCUT2D eigenvalue weighted by molar-refractivity contribution is -0.196. The highest BCUT2D eigenvalue weighted by Gasteiger charge is 2.56. The van der Waals surface area contributed by atoms with Crippen LogP contribution in [0.15, 0.2) is 43.0 Å². The van der Waals surface area contributed by atoms with Gasteiger partial charge in [-0.05, 0) is 36.0 Å². The predicted octanol–water partition coefficient (Wildman–Crippen LogP) is 5.31. The van der Waals surface area contributed by atoms with E-state index >= 15 is 0 Å². The molecule has 0 aromatic heterocycles. The molecule has 0 aliphatic heterocycles. The summed E-state index contributed by atoms with van der Waals surface area (Å²) in [7, 11) is -2.13. The molecule has 0 spiro atoms. The molecule has 1 aromatic rings. The molecular formula is C25H38O5Si. The van der Waals surface area contributed by atoms with Crippen LogP contribution in [0, 0.1) is 11.8 Å². The van der Waals surface area contributed by atoms with Crippen molar-refractivity contribution in [3.8, 4) is 0 Å². The SMILES string of the molecule is C=C[C@H]1[C@@H](OCc2ccccc2)[C@H](O[Si](C)(C)C(C)(C)C)[C@H](C)C[C@@]1(C=O)OC(C)=O. The predicted molar refractivity (Wildman–Crippen MR) is 125 cm³/mol. The van der Waals surface area contributed by atoms with E-state index in [-0.39, 0.29) is 17.1 Å². The van der Waals surface area contributed by atoms with Crippen molar-refractivity contribution in [2.24, 2.45) is 11.8 Å². The zero-order valence-corrected chi connectivity index (χ0v) is 21.0. The van der Waals surface area contributed by atoms with E-state index in [4.69, 9.17) is 13.9 Å². The summed E-state index contributed by atoms with van der Waals surface area (Å²) in [6.45, 7) is 18.7. The van der Waals surface area contributed by atoms with Gasteiger partial charge in [0.2, 0.25) is 0 Å². The molecule has 5 nitrogen and oxygen atoms in total. The van der Waals surface area contributed by atoms with Gasteiger partial charge in [-0.1, -0.05) is 64.1 Å². The fourth-order valence-electron chi connectivity index (χ4n) is 4.09. The normalized spacial score (nSPS) is 29.3. The van der Waals surface area contributed by atoms with Gasteiger partial charge in [-0.15, -0.1) is 6.58 Å². The van der Waals surface area contributed by atoms with E-state index in [0.29, 0.717) is 13.0 Å². The van der Waals surface area contributed by atoms with Crippen LogP contribution >= 0.6 is 0 Å². The summed E-state index contributed by atoms with van der Waals surface area (Å²) < 4.78 is 18.9. The van der Waals surface area contributed by atoms with E-state index in [9.17, 15) is 9.59 Å². The van der Waals surface area contributed by atoms with Crippen LogP contribution in [-0.4, -0.2) is 38.4 Å². The number of rotatable bonds is 8. The first-order chi connectivity index (χ1) is 14.4. The minimum atomic E-state index is -2.13. The fourth-order valence-corrected chi connectivity index (χ4v) is 5.49. The molecule has 0 heterocycles. The Morgan fingerprint density at radius 1 is 1.23 bits per heavy atom. The van der Waals surface area contributed by atoms with Gasteiger partial charge >= 0.3 is 5.97 Å². The van der Waals surface area contributed by atoms with Crippen LogP contribution in [0.2, 0.25) is 18.1 Å². The van der Waals surface area contributed by atoms with Crippen LogP contribution in [0.5, 0.6) is 0 Å². The number of aldehydes is 1. The standard InChI is InChI=1S/C25H38O5Si/c1-9-21-23(28-16-20-13-11-10-12-14-20)22(30-31(7,8)24(4,5)6)18(2)15-25(21,17-26)29-19(3)27/h9-14,17-18,21-23H,1,15-16H2,2-8H3/t18-,21+,22-,23-,25+/m1/s1. The lowest BCUT2D eigenvalue weighted by Gasteiger charge is -2.51. The molecule has 5 atom stereocenters. The van der Waals surface area contributed by atoms with Gasteiger partial charge in [-0.2, -0.15) is 0 Å². The minimum Gasteiger partial charge on any atom is -0.451 e. The van der Waals surface area contributed by atoms with Crippen LogP contribution in [-0.2, 0) is 30.1 Å². The maximum Gasteiger partial charge on any atom is 0.303 e. The molecule has 2 rings (SSSR count). The van der Waals surface area contributed by atoms with E-state index in [1.165, 1.54) is 6.92 Å². The first-order valence-corrected chi connectivity index (χ1v) is 13.9. The first kappa shape index (κ1) is 25.5. The summed E-state index contributed by atoms with van der Waals surface area (Å²) in [6.07, 6.45) is 2.09. The third-order valence-corrected chi connectivity index (χ3v) is 11.2. The van der Waals surface area contributed by atoms with Gasteiger partial charge in [0, 0.05) is 6.92 Å². The van der Waals surface area contributed by atoms with Crippen LogP contribution in [0.25, 0.3) is 0 Å². The number of hydrogen-bond donors (Lipinski definition) is 0. The minimum absolute atomic E-state index is 0.0233. The number of hydrogen-bond acceptors (Lipinski definition) is 5. The van der Waals surface area contributed by atoms with Gasteiger partial charge in [-0.25, -0.2) is 0 Å². The van der Waals surface area contributed by atoms with Crippen molar-refractivity contribution in [2.75, 3.05) is 0 Å². The zero-order chi connectivity index (χ0) is 23.4. The molecule has 0 N–H and O–H groups in total. The van der Waals surface area contributed by atoms with Gasteiger partial charge in [0.05, 0.1) is 24.7 Å². The van der Waals surface area contributed by atoms with Gasteiger partial charge in [0.15, 0.2) is 20.2 Å². The van der Waals surface area contributed by atoms with Gasteiger partial charge in [0.25, 0.3) is 0 Å². The van der Waals surface area contributed by atoms with Crippen molar-refractivity contribution in [3.63, 3.8) is 0 Å². The number of ether oxygens (including phenoxy) is 2. The van der Waals surface area contributed by atoms with Gasteiger partial charge in [-0.3, -0.25) is 9.59 Å². The van der Waals surface area contributed by atoms with Crippen molar-refractivity contribution in [1.29, 1.82) is 0 Å². The fraction of sp³-hybridized carbons (Fsp3) is 0.600. The monoisotopic (exact) mass is 446 g/mol. The van der Waals surface area contributed by atoms with Crippen LogP contribution in [0.1, 0.15) is 46.6 Å². The molecule has 0 unspecified atom stereocenters. The summed E-state index contributed by atoms with van der Waals surface area (Å²) in [4.78, 5) is 24.2. The Hall–Kier alpha value is -1.76. The van der Waals surface area contributed by atoms with Gasteiger partial charge in [0.1, 0.15) is 0 Å². The molecule has 0 radical (unpaired) electrons. The molecule has 6 heteroatoms. The van der Waals surface area contributed by atoms with Crippen molar-refractivity contribution >= 4 is 20.6 Å². The maximum absolute atomic E-state index is 12.3. The Morgan fingerprint density at radius 2 is 1.84 bits per heavy atom. The second-order valence-electron chi connectivity index (χ2n) is 10.2. The van der Waals surface area contributed by atoms with Crippen molar-refractivity contribution in [3.05, 3.63) is 48.6 Å². The Bertz CT molecular complexity index is 770. The number of benzene rings is 1. The lowest BCUT2D eigenvalue weighted by Crippen LogP contribution is -2.62. The molecule has 0 saturated heterocycles. The second-order valence-corrected chi connectivity index (χ2v) is 15.0. The van der Waals surface area contributed by atoms with Crippen molar-refractivity contribution in [2.45, 2.75) is 83.6 Å². The van der Waals surface area contributed by atoms with Crippen LogP contribution < -0.4 is 0 Å². The van der Waals surface area contributed by atoms with Crippen LogP contribution in [0.3, 0.4) is 0 Å². The smallest absolute Gasteiger partial charge is 0.303 e. The highest BCUT2D eigenvalue weighted by atomic mass is 28.4. The molecule has 0 amide bonds. The second kappa shape index (κ2) is 9.80. The largest absolute Gasteiger partial charge is 0.451 e. The van der Waals surface area contributed by atoms with E-state index in [0.717, 1.165) is 11.8 Å². The molecule has 1 aliphatic rings. The third-order valence-electron chi connectivity index (χ3n) is 6.75. The number of carbonyl (C=O) groups is 2. The Balaban J connectivity index is 2.45. The van der Waals surface area contributed by atoms with E-state index < -0.39 is 31.9 Å². The molecular weight excluding hydrogens is 408 g/mol. The van der Waals surface area contributed by atoms with Crippen molar-refractivity contribution < 1.29 is 23.5 Å². The lowest BCUT2D eigenvalue weighted by atomic mass is 9.68. The molecule has 0 bridgehead atoms. The Labute approximate surface area is 188 Å².